The second kappa shape index (κ2) is 9.51. The van der Waals surface area contributed by atoms with Gasteiger partial charge in [0.25, 0.3) is 0 Å². The van der Waals surface area contributed by atoms with Gasteiger partial charge >= 0.3 is 6.09 Å². The average Bonchev–Trinajstić information content (AvgIpc) is 3.08. The first-order valence-corrected chi connectivity index (χ1v) is 9.51. The summed E-state index contributed by atoms with van der Waals surface area (Å²) in [6, 6.07) is 14.4. The molecule has 2 amide bonds. The number of benzene rings is 2. The van der Waals surface area contributed by atoms with E-state index in [1.54, 1.807) is 0 Å². The van der Waals surface area contributed by atoms with Gasteiger partial charge in [-0.2, -0.15) is 0 Å². The molecule has 3 rings (SSSR count). The molecule has 1 aliphatic carbocycles. The van der Waals surface area contributed by atoms with Gasteiger partial charge in [-0.15, -0.1) is 0 Å². The highest BCUT2D eigenvalue weighted by Crippen LogP contribution is 2.44. The topological polar surface area (TPSA) is 140 Å². The predicted octanol–water partition coefficient (Wildman–Crippen LogP) is 0.288. The van der Waals surface area contributed by atoms with Crippen molar-refractivity contribution in [3.8, 4) is 11.1 Å². The lowest BCUT2D eigenvalue weighted by molar-refractivity contribution is -0.124. The van der Waals surface area contributed by atoms with Crippen LogP contribution in [0.3, 0.4) is 0 Å². The molecule has 2 aromatic carbocycles. The SMILES string of the molecule is NCC(CN)NC(=O)[C@@H](CO)NC(=O)OCC1c2ccccc2-c2ccccc21. The van der Waals surface area contributed by atoms with E-state index in [2.05, 4.69) is 10.6 Å². The third-order valence-corrected chi connectivity index (χ3v) is 5.05. The number of hydrogen-bond acceptors (Lipinski definition) is 6. The van der Waals surface area contributed by atoms with Gasteiger partial charge < -0.3 is 31.9 Å². The smallest absolute Gasteiger partial charge is 0.407 e. The van der Waals surface area contributed by atoms with Crippen LogP contribution in [0.25, 0.3) is 11.1 Å². The van der Waals surface area contributed by atoms with E-state index in [0.29, 0.717) is 0 Å². The number of aliphatic hydroxyl groups excluding tert-OH is 1. The number of amides is 2. The molecule has 0 spiro atoms. The van der Waals surface area contributed by atoms with Gasteiger partial charge in [-0.05, 0) is 22.3 Å². The normalized spacial score (nSPS) is 13.5. The molecule has 0 unspecified atom stereocenters. The molecule has 0 aromatic heterocycles. The first-order valence-electron chi connectivity index (χ1n) is 9.51. The van der Waals surface area contributed by atoms with E-state index in [9.17, 15) is 14.7 Å². The van der Waals surface area contributed by atoms with E-state index in [4.69, 9.17) is 16.2 Å². The fraction of sp³-hybridized carbons (Fsp3) is 0.333. The highest BCUT2D eigenvalue weighted by atomic mass is 16.5. The van der Waals surface area contributed by atoms with E-state index in [0.717, 1.165) is 22.3 Å². The molecule has 0 fully saturated rings. The maximum absolute atomic E-state index is 12.2. The molecule has 2 aromatic rings. The lowest BCUT2D eigenvalue weighted by Crippen LogP contribution is -2.54. The summed E-state index contributed by atoms with van der Waals surface area (Å²) in [5.74, 6) is -0.657. The Labute approximate surface area is 169 Å². The zero-order valence-corrected chi connectivity index (χ0v) is 16.0. The lowest BCUT2D eigenvalue weighted by Gasteiger charge is -2.21. The minimum Gasteiger partial charge on any atom is -0.449 e. The maximum atomic E-state index is 12.2. The van der Waals surface area contributed by atoms with Crippen LogP contribution in [0, 0.1) is 0 Å². The summed E-state index contributed by atoms with van der Waals surface area (Å²) < 4.78 is 5.39. The molecule has 154 valence electrons. The molecule has 0 saturated heterocycles. The number of aliphatic hydroxyl groups is 1. The first kappa shape index (κ1) is 20.8. The Hall–Kier alpha value is -2.94. The van der Waals surface area contributed by atoms with Gasteiger partial charge in [-0.3, -0.25) is 4.79 Å². The molecule has 0 saturated carbocycles. The molecule has 1 aliphatic rings. The quantitative estimate of drug-likeness (QED) is 0.433. The molecule has 0 aliphatic heterocycles. The summed E-state index contributed by atoms with van der Waals surface area (Å²) >= 11 is 0. The van der Waals surface area contributed by atoms with E-state index in [-0.39, 0.29) is 25.6 Å². The van der Waals surface area contributed by atoms with Gasteiger partial charge in [-0.1, -0.05) is 48.5 Å². The van der Waals surface area contributed by atoms with Crippen LogP contribution < -0.4 is 22.1 Å². The Morgan fingerprint density at radius 3 is 2.03 bits per heavy atom. The van der Waals surface area contributed by atoms with Crippen LogP contribution in [-0.4, -0.2) is 55.5 Å². The monoisotopic (exact) mass is 398 g/mol. The highest BCUT2D eigenvalue weighted by Gasteiger charge is 2.29. The van der Waals surface area contributed by atoms with Crippen molar-refractivity contribution < 1.29 is 19.4 Å². The molecule has 29 heavy (non-hydrogen) atoms. The molecule has 0 heterocycles. The van der Waals surface area contributed by atoms with Gasteiger partial charge in [0.15, 0.2) is 0 Å². The number of carbonyl (C=O) groups excluding carboxylic acids is 2. The van der Waals surface area contributed by atoms with Crippen molar-refractivity contribution in [2.45, 2.75) is 18.0 Å². The fourth-order valence-corrected chi connectivity index (χ4v) is 3.49. The molecular formula is C21H26N4O4. The fourth-order valence-electron chi connectivity index (χ4n) is 3.49. The number of alkyl carbamates (subject to hydrolysis) is 1. The number of fused-ring (bicyclic) bond motifs is 3. The minimum absolute atomic E-state index is 0.0894. The van der Waals surface area contributed by atoms with Crippen LogP contribution in [0.2, 0.25) is 0 Å². The Kier molecular flexibility index (Phi) is 6.82. The summed E-state index contributed by atoms with van der Waals surface area (Å²) in [5.41, 5.74) is 15.4. The largest absolute Gasteiger partial charge is 0.449 e. The van der Waals surface area contributed by atoms with Gasteiger partial charge in [-0.25, -0.2) is 4.79 Å². The van der Waals surface area contributed by atoms with Crippen LogP contribution in [0.4, 0.5) is 4.79 Å². The van der Waals surface area contributed by atoms with Crippen LogP contribution in [0.15, 0.2) is 48.5 Å². The number of hydrogen-bond donors (Lipinski definition) is 5. The molecule has 8 heteroatoms. The zero-order valence-electron chi connectivity index (χ0n) is 16.0. The number of carbonyl (C=O) groups is 2. The molecule has 0 bridgehead atoms. The molecular weight excluding hydrogens is 372 g/mol. The number of nitrogens with two attached hydrogens (primary N) is 2. The van der Waals surface area contributed by atoms with E-state index >= 15 is 0 Å². The summed E-state index contributed by atoms with van der Waals surface area (Å²) in [5, 5.41) is 14.4. The van der Waals surface area contributed by atoms with Crippen molar-refractivity contribution >= 4 is 12.0 Å². The molecule has 1 atom stereocenters. The summed E-state index contributed by atoms with van der Waals surface area (Å²) in [6.07, 6.45) is -0.780. The van der Waals surface area contributed by atoms with Gasteiger partial charge in [0, 0.05) is 19.0 Å². The van der Waals surface area contributed by atoms with Crippen molar-refractivity contribution in [2.24, 2.45) is 11.5 Å². The van der Waals surface area contributed by atoms with Crippen molar-refractivity contribution in [1.29, 1.82) is 0 Å². The first-order chi connectivity index (χ1) is 14.1. The van der Waals surface area contributed by atoms with Crippen LogP contribution in [0.1, 0.15) is 17.0 Å². The van der Waals surface area contributed by atoms with Crippen LogP contribution in [0.5, 0.6) is 0 Å². The van der Waals surface area contributed by atoms with Crippen molar-refractivity contribution in [2.75, 3.05) is 26.3 Å². The lowest BCUT2D eigenvalue weighted by atomic mass is 9.98. The summed E-state index contributed by atoms with van der Waals surface area (Å²) in [6.45, 7) is -0.136. The molecule has 7 N–H and O–H groups in total. The van der Waals surface area contributed by atoms with Crippen molar-refractivity contribution in [3.05, 3.63) is 59.7 Å². The third kappa shape index (κ3) is 4.56. The van der Waals surface area contributed by atoms with E-state index in [1.165, 1.54) is 0 Å². The van der Waals surface area contributed by atoms with Crippen molar-refractivity contribution in [1.82, 2.24) is 10.6 Å². The summed E-state index contributed by atoms with van der Waals surface area (Å²) in [4.78, 5) is 24.4. The van der Waals surface area contributed by atoms with Crippen molar-refractivity contribution in [3.63, 3.8) is 0 Å². The molecule has 8 nitrogen and oxygen atoms in total. The van der Waals surface area contributed by atoms with Gasteiger partial charge in [0.2, 0.25) is 5.91 Å². The second-order valence-electron chi connectivity index (χ2n) is 6.88. The number of rotatable bonds is 8. The minimum atomic E-state index is -1.15. The van der Waals surface area contributed by atoms with E-state index in [1.807, 2.05) is 48.5 Å². The Morgan fingerprint density at radius 2 is 1.52 bits per heavy atom. The van der Waals surface area contributed by atoms with Crippen LogP contribution >= 0.6 is 0 Å². The Balaban J connectivity index is 1.62. The van der Waals surface area contributed by atoms with Crippen LogP contribution in [-0.2, 0) is 9.53 Å². The number of nitrogens with one attached hydrogen (secondary N) is 2. The average molecular weight is 398 g/mol. The standard InChI is InChI=1S/C21H26N4O4/c22-9-13(10-23)24-20(27)19(11-26)25-21(28)29-12-18-16-7-3-1-5-14(16)15-6-2-4-8-17(15)18/h1-8,13,18-19,26H,9-12,22-23H2,(H,24,27)(H,25,28)/t19-/m1/s1. The van der Waals surface area contributed by atoms with E-state index < -0.39 is 30.7 Å². The Morgan fingerprint density at radius 1 is 0.966 bits per heavy atom. The third-order valence-electron chi connectivity index (χ3n) is 5.05. The van der Waals surface area contributed by atoms with Gasteiger partial charge in [0.1, 0.15) is 12.6 Å². The predicted molar refractivity (Wildman–Crippen MR) is 109 cm³/mol. The summed E-state index contributed by atoms with van der Waals surface area (Å²) in [7, 11) is 0. The Bertz CT molecular complexity index is 824. The number of ether oxygens (including phenoxy) is 1. The zero-order chi connectivity index (χ0) is 20.8. The molecule has 0 radical (unpaired) electrons. The second-order valence-corrected chi connectivity index (χ2v) is 6.88. The highest BCUT2D eigenvalue weighted by molar-refractivity contribution is 5.86. The van der Waals surface area contributed by atoms with Gasteiger partial charge in [0.05, 0.1) is 12.6 Å². The maximum Gasteiger partial charge on any atom is 0.407 e.